The first-order valence-corrected chi connectivity index (χ1v) is 4.72. The Kier molecular flexibility index (Phi) is 7.06. The number of hydrogen-bond acceptors (Lipinski definition) is 4. The van der Waals surface area contributed by atoms with Crippen LogP contribution in [-0.2, 0) is 19.3 Å². The number of hydrogen-bond donors (Lipinski definition) is 0. The molecule has 0 heterocycles. The summed E-state index contributed by atoms with van der Waals surface area (Å²) >= 11 is 0. The Labute approximate surface area is 84.8 Å². The fourth-order valence-corrected chi connectivity index (χ4v) is 0.604. The van der Waals surface area contributed by atoms with Crippen LogP contribution in [0.3, 0.4) is 0 Å². The SMILES string of the molecule is C=C(C)C(=O)OOC(C)OCCCC. The van der Waals surface area contributed by atoms with E-state index < -0.39 is 12.3 Å². The molecule has 0 aromatic carbocycles. The Morgan fingerprint density at radius 1 is 1.50 bits per heavy atom. The zero-order chi connectivity index (χ0) is 11.0. The average molecular weight is 202 g/mol. The summed E-state index contributed by atoms with van der Waals surface area (Å²) in [6.45, 7) is 9.30. The smallest absolute Gasteiger partial charge is 0.349 e. The van der Waals surface area contributed by atoms with Crippen LogP contribution in [-0.4, -0.2) is 18.9 Å². The van der Waals surface area contributed by atoms with Gasteiger partial charge in [0.2, 0.25) is 0 Å². The molecule has 4 heteroatoms. The first-order chi connectivity index (χ1) is 6.57. The van der Waals surface area contributed by atoms with Crippen molar-refractivity contribution in [2.75, 3.05) is 6.61 Å². The second-order valence-electron chi connectivity index (χ2n) is 3.04. The van der Waals surface area contributed by atoms with E-state index in [0.717, 1.165) is 12.8 Å². The van der Waals surface area contributed by atoms with Crippen LogP contribution in [0.15, 0.2) is 12.2 Å². The van der Waals surface area contributed by atoms with Gasteiger partial charge in [0.15, 0.2) is 6.29 Å². The van der Waals surface area contributed by atoms with Gasteiger partial charge in [-0.05, 0) is 20.3 Å². The van der Waals surface area contributed by atoms with E-state index in [4.69, 9.17) is 4.74 Å². The van der Waals surface area contributed by atoms with Gasteiger partial charge in [-0.15, -0.1) is 0 Å². The molecule has 0 aromatic rings. The number of ether oxygens (including phenoxy) is 1. The molecule has 0 aromatic heterocycles. The van der Waals surface area contributed by atoms with Crippen molar-refractivity contribution in [2.45, 2.75) is 39.9 Å². The van der Waals surface area contributed by atoms with E-state index in [1.54, 1.807) is 13.8 Å². The van der Waals surface area contributed by atoms with Crippen molar-refractivity contribution in [3.05, 3.63) is 12.2 Å². The average Bonchev–Trinajstić information content (AvgIpc) is 2.14. The predicted molar refractivity (Wildman–Crippen MR) is 52.3 cm³/mol. The molecule has 14 heavy (non-hydrogen) atoms. The van der Waals surface area contributed by atoms with E-state index in [-0.39, 0.29) is 0 Å². The first-order valence-electron chi connectivity index (χ1n) is 4.72. The normalized spacial score (nSPS) is 12.2. The molecule has 0 spiro atoms. The molecular formula is C10H18O4. The van der Waals surface area contributed by atoms with Crippen LogP contribution in [0.4, 0.5) is 0 Å². The van der Waals surface area contributed by atoms with Crippen LogP contribution >= 0.6 is 0 Å². The predicted octanol–water partition coefficient (Wildman–Crippen LogP) is 2.20. The molecule has 82 valence electrons. The minimum Gasteiger partial charge on any atom is -0.349 e. The van der Waals surface area contributed by atoms with Crippen LogP contribution < -0.4 is 0 Å². The molecule has 0 saturated heterocycles. The number of unbranched alkanes of at least 4 members (excludes halogenated alkanes) is 1. The highest BCUT2D eigenvalue weighted by atomic mass is 17.2. The summed E-state index contributed by atoms with van der Waals surface area (Å²) in [5.41, 5.74) is 0.297. The third-order valence-electron chi connectivity index (χ3n) is 1.46. The number of carbonyl (C=O) groups is 1. The topological polar surface area (TPSA) is 44.8 Å². The van der Waals surface area contributed by atoms with E-state index in [2.05, 4.69) is 23.3 Å². The molecule has 0 rings (SSSR count). The molecule has 0 aliphatic heterocycles. The fourth-order valence-electron chi connectivity index (χ4n) is 0.604. The second kappa shape index (κ2) is 7.53. The Bertz CT molecular complexity index is 189. The highest BCUT2D eigenvalue weighted by molar-refractivity contribution is 5.86. The monoisotopic (exact) mass is 202 g/mol. The molecule has 4 nitrogen and oxygen atoms in total. The Morgan fingerprint density at radius 2 is 2.14 bits per heavy atom. The maximum absolute atomic E-state index is 10.9. The molecule has 1 atom stereocenters. The van der Waals surface area contributed by atoms with Crippen LogP contribution in [0.5, 0.6) is 0 Å². The molecule has 0 bridgehead atoms. The molecule has 0 amide bonds. The molecule has 0 radical (unpaired) electrons. The largest absolute Gasteiger partial charge is 0.368 e. The maximum Gasteiger partial charge on any atom is 0.368 e. The maximum atomic E-state index is 10.9. The van der Waals surface area contributed by atoms with Crippen molar-refractivity contribution < 1.29 is 19.3 Å². The molecule has 0 saturated carbocycles. The van der Waals surface area contributed by atoms with Gasteiger partial charge in [-0.3, -0.25) is 4.89 Å². The fraction of sp³-hybridized carbons (Fsp3) is 0.700. The van der Waals surface area contributed by atoms with Crippen LogP contribution in [0.1, 0.15) is 33.6 Å². The van der Waals surface area contributed by atoms with Gasteiger partial charge in [-0.2, -0.15) is 4.89 Å². The molecule has 1 unspecified atom stereocenters. The summed E-state index contributed by atoms with van der Waals surface area (Å²) in [7, 11) is 0. The minimum atomic E-state index is -0.573. The summed E-state index contributed by atoms with van der Waals surface area (Å²) in [5, 5.41) is 0. The van der Waals surface area contributed by atoms with Gasteiger partial charge < -0.3 is 4.74 Å². The molecule has 0 aliphatic carbocycles. The molecule has 0 N–H and O–H groups in total. The van der Waals surface area contributed by atoms with E-state index >= 15 is 0 Å². The Hall–Kier alpha value is -0.870. The summed E-state index contributed by atoms with van der Waals surface area (Å²) in [4.78, 5) is 20.0. The summed E-state index contributed by atoms with van der Waals surface area (Å²) in [6, 6.07) is 0. The van der Waals surface area contributed by atoms with Crippen molar-refractivity contribution in [1.29, 1.82) is 0 Å². The molecule has 0 fully saturated rings. The Balaban J connectivity index is 3.48. The van der Waals surface area contributed by atoms with Gasteiger partial charge in [0, 0.05) is 12.2 Å². The van der Waals surface area contributed by atoms with Crippen molar-refractivity contribution in [2.24, 2.45) is 0 Å². The second-order valence-corrected chi connectivity index (χ2v) is 3.04. The van der Waals surface area contributed by atoms with Gasteiger partial charge in [-0.1, -0.05) is 19.9 Å². The molecular weight excluding hydrogens is 184 g/mol. The van der Waals surface area contributed by atoms with E-state index in [9.17, 15) is 4.79 Å². The van der Waals surface area contributed by atoms with Crippen molar-refractivity contribution in [3.8, 4) is 0 Å². The first kappa shape index (κ1) is 13.1. The van der Waals surface area contributed by atoms with Crippen LogP contribution in [0.25, 0.3) is 0 Å². The highest BCUT2D eigenvalue weighted by Gasteiger charge is 2.08. The van der Waals surface area contributed by atoms with Gasteiger partial charge in [-0.25, -0.2) is 4.79 Å². The van der Waals surface area contributed by atoms with E-state index in [1.807, 2.05) is 0 Å². The lowest BCUT2D eigenvalue weighted by molar-refractivity contribution is -0.344. The minimum absolute atomic E-state index is 0.297. The summed E-state index contributed by atoms with van der Waals surface area (Å²) in [5.74, 6) is -0.573. The van der Waals surface area contributed by atoms with Gasteiger partial charge >= 0.3 is 5.97 Å². The summed E-state index contributed by atoms with van der Waals surface area (Å²) < 4.78 is 5.18. The quantitative estimate of drug-likeness (QED) is 0.209. The van der Waals surface area contributed by atoms with Gasteiger partial charge in [0.1, 0.15) is 0 Å². The molecule has 0 aliphatic rings. The third kappa shape index (κ3) is 6.62. The Morgan fingerprint density at radius 3 is 2.64 bits per heavy atom. The van der Waals surface area contributed by atoms with Gasteiger partial charge in [0.25, 0.3) is 0 Å². The zero-order valence-electron chi connectivity index (χ0n) is 9.04. The van der Waals surface area contributed by atoms with Crippen molar-refractivity contribution >= 4 is 5.97 Å². The van der Waals surface area contributed by atoms with Crippen LogP contribution in [0, 0.1) is 0 Å². The van der Waals surface area contributed by atoms with Gasteiger partial charge in [0.05, 0.1) is 0 Å². The van der Waals surface area contributed by atoms with Crippen molar-refractivity contribution in [3.63, 3.8) is 0 Å². The number of rotatable bonds is 7. The highest BCUT2D eigenvalue weighted by Crippen LogP contribution is 2.00. The standard InChI is InChI=1S/C10H18O4/c1-5-6-7-12-9(4)13-14-10(11)8(2)3/h9H,2,5-7H2,1,3-4H3. The number of carbonyl (C=O) groups excluding carboxylic acids is 1. The third-order valence-corrected chi connectivity index (χ3v) is 1.46. The summed E-state index contributed by atoms with van der Waals surface area (Å²) in [6.07, 6.45) is 1.48. The van der Waals surface area contributed by atoms with E-state index in [0.29, 0.717) is 12.2 Å². The lowest BCUT2D eigenvalue weighted by Crippen LogP contribution is -2.17. The lowest BCUT2D eigenvalue weighted by Gasteiger charge is -2.11. The van der Waals surface area contributed by atoms with Crippen molar-refractivity contribution in [1.82, 2.24) is 0 Å². The van der Waals surface area contributed by atoms with E-state index in [1.165, 1.54) is 0 Å². The zero-order valence-corrected chi connectivity index (χ0v) is 9.04. The lowest BCUT2D eigenvalue weighted by atomic mass is 10.4. The van der Waals surface area contributed by atoms with Crippen LogP contribution in [0.2, 0.25) is 0 Å².